The van der Waals surface area contributed by atoms with Gasteiger partial charge in [-0.2, -0.15) is 0 Å². The van der Waals surface area contributed by atoms with E-state index < -0.39 is 5.24 Å². The van der Waals surface area contributed by atoms with E-state index in [2.05, 4.69) is 0 Å². The zero-order valence-corrected chi connectivity index (χ0v) is 12.6. The van der Waals surface area contributed by atoms with Crippen molar-refractivity contribution >= 4 is 27.7 Å². The monoisotopic (exact) mass is 295 g/mol. The van der Waals surface area contributed by atoms with Crippen LogP contribution in [0.25, 0.3) is 22.2 Å². The molecule has 0 atom stereocenters. The van der Waals surface area contributed by atoms with Crippen LogP contribution >= 0.6 is 11.6 Å². The van der Waals surface area contributed by atoms with Crippen LogP contribution in [0, 0.1) is 13.8 Å². The van der Waals surface area contributed by atoms with E-state index in [9.17, 15) is 4.79 Å². The van der Waals surface area contributed by atoms with Gasteiger partial charge in [0.05, 0.1) is 11.2 Å². The van der Waals surface area contributed by atoms with E-state index in [1.54, 1.807) is 6.07 Å². The minimum Gasteiger partial charge on any atom is -0.276 e. The highest BCUT2D eigenvalue weighted by Gasteiger charge is 2.14. The Balaban J connectivity index is 2.38. The molecule has 1 heterocycles. The summed E-state index contributed by atoms with van der Waals surface area (Å²) in [4.78, 5) is 16.5. The summed E-state index contributed by atoms with van der Waals surface area (Å²) in [5.74, 6) is 0. The predicted octanol–water partition coefficient (Wildman–Crippen LogP) is 4.90. The molecule has 0 saturated carbocycles. The third kappa shape index (κ3) is 2.43. The molecule has 0 aliphatic rings. The zero-order chi connectivity index (χ0) is 15.0. The number of aryl methyl sites for hydroxylation is 2. The van der Waals surface area contributed by atoms with Gasteiger partial charge in [-0.3, -0.25) is 4.79 Å². The molecule has 21 heavy (non-hydrogen) atoms. The van der Waals surface area contributed by atoms with Gasteiger partial charge in [-0.25, -0.2) is 4.98 Å². The van der Waals surface area contributed by atoms with E-state index in [0.717, 1.165) is 33.3 Å². The first-order chi connectivity index (χ1) is 10.1. The second kappa shape index (κ2) is 5.30. The molecule has 1 aromatic heterocycles. The minimum absolute atomic E-state index is 0.456. The normalized spacial score (nSPS) is 10.8. The molecule has 104 valence electrons. The lowest BCUT2D eigenvalue weighted by atomic mass is 10.0. The third-order valence-electron chi connectivity index (χ3n) is 3.67. The van der Waals surface area contributed by atoms with Crippen molar-refractivity contribution in [1.82, 2.24) is 4.98 Å². The molecule has 3 aromatic rings. The van der Waals surface area contributed by atoms with Gasteiger partial charge in [0, 0.05) is 16.5 Å². The molecular formula is C18H14ClNO. The molecule has 0 aliphatic carbocycles. The maximum Gasteiger partial charge on any atom is 0.253 e. The molecule has 3 heteroatoms. The first-order valence-electron chi connectivity index (χ1n) is 6.74. The van der Waals surface area contributed by atoms with Crippen molar-refractivity contribution in [2.24, 2.45) is 0 Å². The molecule has 0 bridgehead atoms. The third-order valence-corrected chi connectivity index (χ3v) is 3.88. The number of hydrogen-bond acceptors (Lipinski definition) is 2. The van der Waals surface area contributed by atoms with Crippen molar-refractivity contribution in [1.29, 1.82) is 0 Å². The fraction of sp³-hybridized carbons (Fsp3) is 0.111. The Bertz CT molecular complexity index is 855. The van der Waals surface area contributed by atoms with Crippen LogP contribution in [0.4, 0.5) is 0 Å². The van der Waals surface area contributed by atoms with Crippen LogP contribution in [0.5, 0.6) is 0 Å². The molecule has 0 fully saturated rings. The average molecular weight is 296 g/mol. The predicted molar refractivity (Wildman–Crippen MR) is 86.8 cm³/mol. The number of halogens is 1. The van der Waals surface area contributed by atoms with Crippen LogP contribution in [0.15, 0.2) is 48.5 Å². The Kier molecular flexibility index (Phi) is 3.48. The molecule has 2 nitrogen and oxygen atoms in total. The molecule has 0 radical (unpaired) electrons. The standard InChI is InChI=1S/C18H14ClNO/c1-11-6-3-4-8-13(11)16-10-15(18(19)21)14-9-5-7-12(2)17(14)20-16/h3-10H,1-2H3. The quantitative estimate of drug-likeness (QED) is 0.630. The van der Waals surface area contributed by atoms with Crippen molar-refractivity contribution in [2.75, 3.05) is 0 Å². The summed E-state index contributed by atoms with van der Waals surface area (Å²) in [5.41, 5.74) is 5.26. The zero-order valence-electron chi connectivity index (χ0n) is 11.9. The Morgan fingerprint density at radius 2 is 1.71 bits per heavy atom. The second-order valence-electron chi connectivity index (χ2n) is 5.11. The smallest absolute Gasteiger partial charge is 0.253 e. The SMILES string of the molecule is Cc1ccccc1-c1cc(C(=O)Cl)c2cccc(C)c2n1. The highest BCUT2D eigenvalue weighted by molar-refractivity contribution is 6.68. The molecule has 0 N–H and O–H groups in total. The molecule has 0 amide bonds. The first kappa shape index (κ1) is 13.8. The lowest BCUT2D eigenvalue weighted by Crippen LogP contribution is -1.97. The number of benzene rings is 2. The van der Waals surface area contributed by atoms with Gasteiger partial charge >= 0.3 is 0 Å². The summed E-state index contributed by atoms with van der Waals surface area (Å²) < 4.78 is 0. The summed E-state index contributed by atoms with van der Waals surface area (Å²) in [5, 5.41) is 0.343. The van der Waals surface area contributed by atoms with Crippen molar-refractivity contribution < 1.29 is 4.79 Å². The number of fused-ring (bicyclic) bond motifs is 1. The number of carbonyl (C=O) groups is 1. The minimum atomic E-state index is -0.456. The number of hydrogen-bond donors (Lipinski definition) is 0. The van der Waals surface area contributed by atoms with Gasteiger partial charge in [0.2, 0.25) is 0 Å². The number of carbonyl (C=O) groups excluding carboxylic acids is 1. The van der Waals surface area contributed by atoms with Crippen molar-refractivity contribution in [3.05, 3.63) is 65.2 Å². The summed E-state index contributed by atoms with van der Waals surface area (Å²) in [6, 6.07) is 15.5. The summed E-state index contributed by atoms with van der Waals surface area (Å²) >= 11 is 5.77. The Labute approximate surface area is 128 Å². The van der Waals surface area contributed by atoms with Gasteiger partial charge in [-0.05, 0) is 42.6 Å². The Morgan fingerprint density at radius 3 is 2.43 bits per heavy atom. The van der Waals surface area contributed by atoms with Gasteiger partial charge < -0.3 is 0 Å². The maximum atomic E-state index is 11.8. The molecule has 0 spiro atoms. The van der Waals surface area contributed by atoms with Gasteiger partial charge in [0.15, 0.2) is 0 Å². The molecule has 0 aliphatic heterocycles. The highest BCUT2D eigenvalue weighted by Crippen LogP contribution is 2.29. The van der Waals surface area contributed by atoms with Crippen LogP contribution < -0.4 is 0 Å². The van der Waals surface area contributed by atoms with Gasteiger partial charge in [0.1, 0.15) is 0 Å². The number of para-hydroxylation sites is 1. The molecule has 0 unspecified atom stereocenters. The summed E-state index contributed by atoms with van der Waals surface area (Å²) in [6.45, 7) is 4.01. The molecule has 2 aromatic carbocycles. The molecular weight excluding hydrogens is 282 g/mol. The van der Waals surface area contributed by atoms with Crippen LogP contribution in [-0.2, 0) is 0 Å². The van der Waals surface area contributed by atoms with Crippen LogP contribution in [0.2, 0.25) is 0 Å². The first-order valence-corrected chi connectivity index (χ1v) is 7.12. The lowest BCUT2D eigenvalue weighted by molar-refractivity contribution is 0.108. The van der Waals surface area contributed by atoms with E-state index >= 15 is 0 Å². The number of pyridine rings is 1. The van der Waals surface area contributed by atoms with Crippen LogP contribution in [0.1, 0.15) is 21.5 Å². The number of rotatable bonds is 2. The van der Waals surface area contributed by atoms with Crippen molar-refractivity contribution in [3.63, 3.8) is 0 Å². The fourth-order valence-corrected chi connectivity index (χ4v) is 2.71. The van der Waals surface area contributed by atoms with E-state index in [1.807, 2.05) is 56.3 Å². The average Bonchev–Trinajstić information content (AvgIpc) is 2.47. The second-order valence-corrected chi connectivity index (χ2v) is 5.46. The van der Waals surface area contributed by atoms with Crippen LogP contribution in [0.3, 0.4) is 0 Å². The summed E-state index contributed by atoms with van der Waals surface area (Å²) in [7, 11) is 0. The molecule has 3 rings (SSSR count). The van der Waals surface area contributed by atoms with E-state index in [4.69, 9.17) is 16.6 Å². The Morgan fingerprint density at radius 1 is 1.00 bits per heavy atom. The van der Waals surface area contributed by atoms with Gasteiger partial charge in [-0.1, -0.05) is 42.5 Å². The molecule has 0 saturated heterocycles. The van der Waals surface area contributed by atoms with E-state index in [0.29, 0.717) is 5.56 Å². The van der Waals surface area contributed by atoms with Gasteiger partial charge in [-0.15, -0.1) is 0 Å². The van der Waals surface area contributed by atoms with Gasteiger partial charge in [0.25, 0.3) is 5.24 Å². The van der Waals surface area contributed by atoms with E-state index in [-0.39, 0.29) is 0 Å². The highest BCUT2D eigenvalue weighted by atomic mass is 35.5. The summed E-state index contributed by atoms with van der Waals surface area (Å²) in [6.07, 6.45) is 0. The lowest BCUT2D eigenvalue weighted by Gasteiger charge is -2.10. The number of nitrogens with zero attached hydrogens (tertiary/aromatic N) is 1. The maximum absolute atomic E-state index is 11.8. The topological polar surface area (TPSA) is 30.0 Å². The van der Waals surface area contributed by atoms with Crippen molar-refractivity contribution in [2.45, 2.75) is 13.8 Å². The largest absolute Gasteiger partial charge is 0.276 e. The van der Waals surface area contributed by atoms with Crippen molar-refractivity contribution in [3.8, 4) is 11.3 Å². The fourth-order valence-electron chi connectivity index (χ4n) is 2.55. The Hall–Kier alpha value is -2.19. The number of aromatic nitrogens is 1. The van der Waals surface area contributed by atoms with E-state index in [1.165, 1.54) is 0 Å². The van der Waals surface area contributed by atoms with Crippen LogP contribution in [-0.4, -0.2) is 10.2 Å².